The number of carbonyl (C=O) groups excluding carboxylic acids is 2. The zero-order valence-electron chi connectivity index (χ0n) is 16.6. The van der Waals surface area contributed by atoms with E-state index < -0.39 is 17.7 Å². The summed E-state index contributed by atoms with van der Waals surface area (Å²) in [6.07, 6.45) is 4.81. The van der Waals surface area contributed by atoms with Gasteiger partial charge in [0.15, 0.2) is 0 Å². The number of likely N-dealkylation sites (tertiary alicyclic amines) is 1. The monoisotopic (exact) mass is 354 g/mol. The summed E-state index contributed by atoms with van der Waals surface area (Å²) in [5, 5.41) is 3.65. The molecule has 2 rings (SSSR count). The van der Waals surface area contributed by atoms with Crippen LogP contribution in [0.4, 0.5) is 4.79 Å². The van der Waals surface area contributed by atoms with E-state index in [4.69, 9.17) is 9.47 Å². The Morgan fingerprint density at radius 3 is 2.24 bits per heavy atom. The third-order valence-corrected chi connectivity index (χ3v) is 5.21. The molecule has 6 nitrogen and oxygen atoms in total. The maximum atomic E-state index is 12.5. The van der Waals surface area contributed by atoms with Crippen molar-refractivity contribution in [2.45, 2.75) is 90.4 Å². The predicted molar refractivity (Wildman–Crippen MR) is 96.3 cm³/mol. The van der Waals surface area contributed by atoms with Gasteiger partial charge in [-0.05, 0) is 58.3 Å². The van der Waals surface area contributed by atoms with E-state index in [0.29, 0.717) is 24.4 Å². The third-order valence-electron chi connectivity index (χ3n) is 5.21. The fourth-order valence-electron chi connectivity index (χ4n) is 3.74. The number of esters is 1. The molecule has 25 heavy (non-hydrogen) atoms. The van der Waals surface area contributed by atoms with Crippen LogP contribution in [0.15, 0.2) is 0 Å². The van der Waals surface area contributed by atoms with Gasteiger partial charge in [0.1, 0.15) is 11.6 Å². The van der Waals surface area contributed by atoms with E-state index in [1.54, 1.807) is 0 Å². The molecule has 2 fully saturated rings. The Hall–Kier alpha value is -1.30. The van der Waals surface area contributed by atoms with Gasteiger partial charge in [0, 0.05) is 18.6 Å². The molecule has 6 heteroatoms. The van der Waals surface area contributed by atoms with Crippen molar-refractivity contribution in [3.63, 3.8) is 0 Å². The van der Waals surface area contributed by atoms with E-state index in [1.807, 2.05) is 20.8 Å². The Kier molecular flexibility index (Phi) is 6.02. The average molecular weight is 354 g/mol. The molecule has 0 spiro atoms. The van der Waals surface area contributed by atoms with Crippen LogP contribution in [0.25, 0.3) is 0 Å². The molecule has 1 aliphatic heterocycles. The molecule has 1 aliphatic carbocycles. The molecule has 0 unspecified atom stereocenters. The number of hydrogen-bond acceptors (Lipinski definition) is 5. The van der Waals surface area contributed by atoms with Crippen molar-refractivity contribution in [1.29, 1.82) is 0 Å². The van der Waals surface area contributed by atoms with Gasteiger partial charge >= 0.3 is 12.1 Å². The van der Waals surface area contributed by atoms with Crippen molar-refractivity contribution in [3.8, 4) is 0 Å². The molecule has 0 radical (unpaired) electrons. The van der Waals surface area contributed by atoms with Gasteiger partial charge in [0.2, 0.25) is 0 Å². The summed E-state index contributed by atoms with van der Waals surface area (Å²) in [4.78, 5) is 26.1. The summed E-state index contributed by atoms with van der Waals surface area (Å²) in [6, 6.07) is -0.0184. The lowest BCUT2D eigenvalue weighted by atomic mass is 9.75. The first-order valence-electron chi connectivity index (χ1n) is 9.34. The Bertz CT molecular complexity index is 488. The fraction of sp³-hybridized carbons (Fsp3) is 0.895. The Morgan fingerprint density at radius 1 is 1.12 bits per heavy atom. The van der Waals surface area contributed by atoms with Gasteiger partial charge in [-0.1, -0.05) is 13.8 Å². The number of ether oxygens (including phenoxy) is 2. The minimum Gasteiger partial charge on any atom is -0.467 e. The van der Waals surface area contributed by atoms with Gasteiger partial charge in [0.25, 0.3) is 0 Å². The molecule has 1 amide bonds. The molecule has 1 N–H and O–H groups in total. The van der Waals surface area contributed by atoms with Crippen LogP contribution in [-0.2, 0) is 14.3 Å². The second-order valence-corrected chi connectivity index (χ2v) is 9.21. The van der Waals surface area contributed by atoms with Crippen molar-refractivity contribution >= 4 is 12.1 Å². The van der Waals surface area contributed by atoms with Gasteiger partial charge in [-0.25, -0.2) is 9.59 Å². The smallest absolute Gasteiger partial charge is 0.411 e. The first-order valence-corrected chi connectivity index (χ1v) is 9.34. The van der Waals surface area contributed by atoms with Crippen LogP contribution in [0.3, 0.4) is 0 Å². The van der Waals surface area contributed by atoms with Gasteiger partial charge < -0.3 is 14.8 Å². The highest BCUT2D eigenvalue weighted by molar-refractivity contribution is 5.82. The second kappa shape index (κ2) is 7.52. The van der Waals surface area contributed by atoms with Crippen LogP contribution in [0.1, 0.15) is 66.7 Å². The maximum Gasteiger partial charge on any atom is 0.411 e. The number of amides is 1. The van der Waals surface area contributed by atoms with Crippen molar-refractivity contribution in [1.82, 2.24) is 10.2 Å². The maximum absolute atomic E-state index is 12.5. The minimum absolute atomic E-state index is 0.0998. The highest BCUT2D eigenvalue weighted by atomic mass is 16.6. The zero-order valence-corrected chi connectivity index (χ0v) is 16.6. The number of nitrogens with zero attached hydrogens (tertiary/aromatic N) is 1. The van der Waals surface area contributed by atoms with Gasteiger partial charge in [-0.3, -0.25) is 4.90 Å². The normalized spacial score (nSPS) is 27.2. The van der Waals surface area contributed by atoms with Crippen molar-refractivity contribution in [2.24, 2.45) is 5.41 Å². The summed E-state index contributed by atoms with van der Waals surface area (Å²) in [6.45, 7) is 10.6. The van der Waals surface area contributed by atoms with Gasteiger partial charge in [-0.2, -0.15) is 0 Å². The van der Waals surface area contributed by atoms with E-state index in [1.165, 1.54) is 24.9 Å². The summed E-state index contributed by atoms with van der Waals surface area (Å²) in [7, 11) is 1.36. The molecule has 1 heterocycles. The van der Waals surface area contributed by atoms with Crippen molar-refractivity contribution in [3.05, 3.63) is 0 Å². The molecular formula is C19H34N2O4. The topological polar surface area (TPSA) is 67.9 Å². The highest BCUT2D eigenvalue weighted by Gasteiger charge is 2.43. The summed E-state index contributed by atoms with van der Waals surface area (Å²) in [5.74, 6) is -0.375. The molecule has 0 bridgehead atoms. The third kappa shape index (κ3) is 5.59. The predicted octanol–water partition coefficient (Wildman–Crippen LogP) is 3.10. The van der Waals surface area contributed by atoms with E-state index >= 15 is 0 Å². The minimum atomic E-state index is -0.585. The number of methoxy groups -OCH3 is 1. The molecule has 144 valence electrons. The van der Waals surface area contributed by atoms with Gasteiger partial charge in [-0.15, -0.1) is 0 Å². The Morgan fingerprint density at radius 2 is 1.72 bits per heavy atom. The Balaban J connectivity index is 1.98. The number of carbonyl (C=O) groups is 2. The van der Waals surface area contributed by atoms with Crippen LogP contribution in [-0.4, -0.2) is 54.3 Å². The largest absolute Gasteiger partial charge is 0.467 e. The van der Waals surface area contributed by atoms with Crippen LogP contribution >= 0.6 is 0 Å². The standard InChI is InChI=1S/C19H34N2O4/c1-18(2,3)25-17(23)21-12-14(11-15(21)16(22)24-6)20-13-7-9-19(4,5)10-8-13/h13-15,20H,7-12H2,1-6H3/t14-,15-/m0/s1. The lowest BCUT2D eigenvalue weighted by Crippen LogP contribution is -2.45. The number of rotatable bonds is 3. The summed E-state index contributed by atoms with van der Waals surface area (Å²) in [5.41, 5.74) is -0.164. The molecule has 0 aromatic carbocycles. The molecule has 1 saturated heterocycles. The van der Waals surface area contributed by atoms with E-state index in [2.05, 4.69) is 19.2 Å². The molecule has 2 aliphatic rings. The van der Waals surface area contributed by atoms with Crippen molar-refractivity contribution < 1.29 is 19.1 Å². The van der Waals surface area contributed by atoms with Crippen molar-refractivity contribution in [2.75, 3.05) is 13.7 Å². The van der Waals surface area contributed by atoms with E-state index in [9.17, 15) is 9.59 Å². The molecular weight excluding hydrogens is 320 g/mol. The fourth-order valence-corrected chi connectivity index (χ4v) is 3.74. The zero-order chi connectivity index (χ0) is 18.8. The van der Waals surface area contributed by atoms with Crippen LogP contribution in [0.2, 0.25) is 0 Å². The molecule has 2 atom stereocenters. The van der Waals surface area contributed by atoms with Gasteiger partial charge in [0.05, 0.1) is 7.11 Å². The molecule has 0 aromatic rings. The lowest BCUT2D eigenvalue weighted by Gasteiger charge is -2.36. The Labute approximate surface area is 151 Å². The number of nitrogens with one attached hydrogen (secondary N) is 1. The first kappa shape index (κ1) is 20.0. The summed E-state index contributed by atoms with van der Waals surface area (Å²) >= 11 is 0. The number of hydrogen-bond donors (Lipinski definition) is 1. The first-order chi connectivity index (χ1) is 11.5. The molecule has 1 saturated carbocycles. The molecule has 0 aromatic heterocycles. The summed E-state index contributed by atoms with van der Waals surface area (Å²) < 4.78 is 10.4. The van der Waals surface area contributed by atoms with Crippen LogP contribution in [0, 0.1) is 5.41 Å². The highest BCUT2D eigenvalue weighted by Crippen LogP contribution is 2.35. The lowest BCUT2D eigenvalue weighted by molar-refractivity contribution is -0.145. The van der Waals surface area contributed by atoms with E-state index in [0.717, 1.165) is 12.8 Å². The average Bonchev–Trinajstić information content (AvgIpc) is 2.91. The quantitative estimate of drug-likeness (QED) is 0.789. The SMILES string of the molecule is COC(=O)[C@@H]1C[C@H](NC2CCC(C)(C)CC2)CN1C(=O)OC(C)(C)C. The second-order valence-electron chi connectivity index (χ2n) is 9.21. The van der Waals surface area contributed by atoms with Crippen LogP contribution < -0.4 is 5.32 Å². The van der Waals surface area contributed by atoms with E-state index in [-0.39, 0.29) is 12.0 Å². The van der Waals surface area contributed by atoms with Crippen LogP contribution in [0.5, 0.6) is 0 Å².